The van der Waals surface area contributed by atoms with Gasteiger partial charge in [-0.15, -0.1) is 0 Å². The Morgan fingerprint density at radius 3 is 2.61 bits per heavy atom. The first kappa shape index (κ1) is 13.5. The normalized spacial score (nSPS) is 21.3. The zero-order chi connectivity index (χ0) is 13.2. The fourth-order valence-corrected chi connectivity index (χ4v) is 4.24. The van der Waals surface area contributed by atoms with E-state index in [-0.39, 0.29) is 17.6 Å². The molecule has 2 rings (SSSR count). The molecule has 1 unspecified atom stereocenters. The van der Waals surface area contributed by atoms with Crippen molar-refractivity contribution in [3.05, 3.63) is 35.6 Å². The molecule has 1 aliphatic heterocycles. The van der Waals surface area contributed by atoms with Crippen molar-refractivity contribution in [2.45, 2.75) is 32.2 Å². The summed E-state index contributed by atoms with van der Waals surface area (Å²) in [5, 5.41) is 0. The molecule has 5 heteroatoms. The summed E-state index contributed by atoms with van der Waals surface area (Å²) in [6, 6.07) is 6.01. The van der Waals surface area contributed by atoms with Gasteiger partial charge in [0.15, 0.2) is 0 Å². The molecule has 18 heavy (non-hydrogen) atoms. The van der Waals surface area contributed by atoms with E-state index in [0.717, 1.165) is 18.4 Å². The van der Waals surface area contributed by atoms with Gasteiger partial charge in [-0.2, -0.15) is 4.31 Å². The number of benzene rings is 1. The van der Waals surface area contributed by atoms with Crippen molar-refractivity contribution in [2.75, 3.05) is 12.3 Å². The molecule has 1 heterocycles. The number of halogens is 1. The van der Waals surface area contributed by atoms with Crippen molar-refractivity contribution in [3.63, 3.8) is 0 Å². The van der Waals surface area contributed by atoms with E-state index in [1.165, 1.54) is 12.1 Å². The summed E-state index contributed by atoms with van der Waals surface area (Å²) >= 11 is 0. The third-order valence-electron chi connectivity index (χ3n) is 3.28. The van der Waals surface area contributed by atoms with Gasteiger partial charge in [-0.25, -0.2) is 12.8 Å². The lowest BCUT2D eigenvalue weighted by Crippen LogP contribution is -2.32. The third-order valence-corrected chi connectivity index (χ3v) is 5.35. The number of hydrogen-bond donors (Lipinski definition) is 0. The van der Waals surface area contributed by atoms with E-state index in [1.54, 1.807) is 16.4 Å². The van der Waals surface area contributed by atoms with Gasteiger partial charge in [0, 0.05) is 12.6 Å². The molecule has 0 aliphatic carbocycles. The first-order valence-corrected chi connectivity index (χ1v) is 7.90. The average Bonchev–Trinajstić information content (AvgIpc) is 2.79. The van der Waals surface area contributed by atoms with Crippen molar-refractivity contribution in [1.29, 1.82) is 0 Å². The summed E-state index contributed by atoms with van der Waals surface area (Å²) in [7, 11) is -3.18. The summed E-state index contributed by atoms with van der Waals surface area (Å²) in [5.41, 5.74) is 0.883. The standard InChI is InChI=1S/C13H18FNO2S/c1-2-10-18(16,17)15-9-3-4-13(15)11-5-7-12(14)8-6-11/h5-8,13H,2-4,9-10H2,1H3. The Morgan fingerprint density at radius 2 is 2.00 bits per heavy atom. The van der Waals surface area contributed by atoms with Crippen LogP contribution in [0.15, 0.2) is 24.3 Å². The average molecular weight is 271 g/mol. The lowest BCUT2D eigenvalue weighted by Gasteiger charge is -2.24. The predicted octanol–water partition coefficient (Wildman–Crippen LogP) is 2.70. The van der Waals surface area contributed by atoms with Gasteiger partial charge >= 0.3 is 0 Å². The van der Waals surface area contributed by atoms with Crippen LogP contribution in [-0.2, 0) is 10.0 Å². The minimum Gasteiger partial charge on any atom is -0.212 e. The van der Waals surface area contributed by atoms with E-state index >= 15 is 0 Å². The molecule has 100 valence electrons. The zero-order valence-corrected chi connectivity index (χ0v) is 11.3. The fourth-order valence-electron chi connectivity index (χ4n) is 2.47. The summed E-state index contributed by atoms with van der Waals surface area (Å²) in [4.78, 5) is 0. The van der Waals surface area contributed by atoms with Crippen molar-refractivity contribution < 1.29 is 12.8 Å². The number of sulfonamides is 1. The molecule has 1 aromatic rings. The predicted molar refractivity (Wildman–Crippen MR) is 69.2 cm³/mol. The monoisotopic (exact) mass is 271 g/mol. The Kier molecular flexibility index (Phi) is 4.02. The van der Waals surface area contributed by atoms with Crippen LogP contribution in [0.1, 0.15) is 37.8 Å². The zero-order valence-electron chi connectivity index (χ0n) is 10.5. The van der Waals surface area contributed by atoms with Crippen LogP contribution in [-0.4, -0.2) is 25.0 Å². The van der Waals surface area contributed by atoms with Gasteiger partial charge in [-0.1, -0.05) is 19.1 Å². The number of rotatable bonds is 4. The lowest BCUT2D eigenvalue weighted by molar-refractivity contribution is 0.396. The second-order valence-electron chi connectivity index (χ2n) is 4.64. The van der Waals surface area contributed by atoms with Crippen LogP contribution in [0.25, 0.3) is 0 Å². The highest BCUT2D eigenvalue weighted by Crippen LogP contribution is 2.34. The van der Waals surface area contributed by atoms with Gasteiger partial charge in [0.1, 0.15) is 5.82 Å². The van der Waals surface area contributed by atoms with E-state index in [2.05, 4.69) is 0 Å². The first-order chi connectivity index (χ1) is 8.54. The van der Waals surface area contributed by atoms with Crippen molar-refractivity contribution >= 4 is 10.0 Å². The van der Waals surface area contributed by atoms with E-state index < -0.39 is 10.0 Å². The second-order valence-corrected chi connectivity index (χ2v) is 6.68. The molecular formula is C13H18FNO2S. The van der Waals surface area contributed by atoms with Gasteiger partial charge in [0.2, 0.25) is 10.0 Å². The molecule has 1 fully saturated rings. The summed E-state index contributed by atoms with van der Waals surface area (Å²) in [5.74, 6) is -0.107. The maximum atomic E-state index is 12.9. The molecule has 0 saturated carbocycles. The molecule has 3 nitrogen and oxygen atoms in total. The Balaban J connectivity index is 2.25. The molecule has 0 radical (unpaired) electrons. The molecule has 0 amide bonds. The van der Waals surface area contributed by atoms with Crippen LogP contribution in [0.4, 0.5) is 4.39 Å². The van der Waals surface area contributed by atoms with Crippen molar-refractivity contribution in [1.82, 2.24) is 4.31 Å². The highest BCUT2D eigenvalue weighted by molar-refractivity contribution is 7.89. The van der Waals surface area contributed by atoms with Gasteiger partial charge in [0.05, 0.1) is 5.75 Å². The van der Waals surface area contributed by atoms with Crippen LogP contribution in [0.3, 0.4) is 0 Å². The third kappa shape index (κ3) is 2.72. The molecule has 0 spiro atoms. The number of hydrogen-bond acceptors (Lipinski definition) is 2. The summed E-state index contributed by atoms with van der Waals surface area (Å²) < 4.78 is 38.7. The molecule has 1 aliphatic rings. The quantitative estimate of drug-likeness (QED) is 0.844. The van der Waals surface area contributed by atoms with Gasteiger partial charge in [-0.05, 0) is 37.0 Å². The fraction of sp³-hybridized carbons (Fsp3) is 0.538. The minimum atomic E-state index is -3.18. The number of nitrogens with zero attached hydrogens (tertiary/aromatic N) is 1. The van der Waals surface area contributed by atoms with Crippen molar-refractivity contribution in [3.8, 4) is 0 Å². The molecular weight excluding hydrogens is 253 g/mol. The molecule has 1 saturated heterocycles. The Labute approximate surface area is 108 Å². The SMILES string of the molecule is CCCS(=O)(=O)N1CCCC1c1ccc(F)cc1. The Hall–Kier alpha value is -0.940. The highest BCUT2D eigenvalue weighted by Gasteiger charge is 2.34. The topological polar surface area (TPSA) is 37.4 Å². The maximum absolute atomic E-state index is 12.9. The summed E-state index contributed by atoms with van der Waals surface area (Å²) in [6.07, 6.45) is 2.30. The van der Waals surface area contributed by atoms with Crippen molar-refractivity contribution in [2.24, 2.45) is 0 Å². The van der Waals surface area contributed by atoms with Crippen LogP contribution in [0.2, 0.25) is 0 Å². The maximum Gasteiger partial charge on any atom is 0.214 e. The van der Waals surface area contributed by atoms with Crippen LogP contribution < -0.4 is 0 Å². The van der Waals surface area contributed by atoms with E-state index in [0.29, 0.717) is 13.0 Å². The Bertz CT molecular complexity index is 498. The lowest BCUT2D eigenvalue weighted by atomic mass is 10.1. The molecule has 0 bridgehead atoms. The second kappa shape index (κ2) is 5.36. The largest absolute Gasteiger partial charge is 0.214 e. The first-order valence-electron chi connectivity index (χ1n) is 6.29. The molecule has 1 atom stereocenters. The minimum absolute atomic E-state index is 0.123. The van der Waals surface area contributed by atoms with Gasteiger partial charge < -0.3 is 0 Å². The van der Waals surface area contributed by atoms with Gasteiger partial charge in [0.25, 0.3) is 0 Å². The van der Waals surface area contributed by atoms with Crippen LogP contribution in [0, 0.1) is 5.82 Å². The summed E-state index contributed by atoms with van der Waals surface area (Å²) in [6.45, 7) is 2.44. The van der Waals surface area contributed by atoms with Gasteiger partial charge in [-0.3, -0.25) is 0 Å². The highest BCUT2D eigenvalue weighted by atomic mass is 32.2. The molecule has 0 aromatic heterocycles. The molecule has 0 N–H and O–H groups in total. The van der Waals surface area contributed by atoms with E-state index in [9.17, 15) is 12.8 Å². The van der Waals surface area contributed by atoms with E-state index in [4.69, 9.17) is 0 Å². The Morgan fingerprint density at radius 1 is 1.33 bits per heavy atom. The smallest absolute Gasteiger partial charge is 0.212 e. The van der Waals surface area contributed by atoms with Crippen LogP contribution in [0.5, 0.6) is 0 Å². The van der Waals surface area contributed by atoms with Crippen LogP contribution >= 0.6 is 0 Å². The molecule has 1 aromatic carbocycles. The van der Waals surface area contributed by atoms with E-state index in [1.807, 2.05) is 6.92 Å².